The first-order chi connectivity index (χ1) is 9.61. The molecule has 1 N–H and O–H groups in total. The molecule has 0 aliphatic carbocycles. The third kappa shape index (κ3) is 2.16. The van der Waals surface area contributed by atoms with Gasteiger partial charge in [0.15, 0.2) is 0 Å². The maximum absolute atomic E-state index is 13.5. The Labute approximate surface area is 117 Å². The van der Waals surface area contributed by atoms with Crippen molar-refractivity contribution in [3.8, 4) is 0 Å². The lowest BCUT2D eigenvalue weighted by Gasteiger charge is -2.41. The van der Waals surface area contributed by atoms with Gasteiger partial charge in [-0.15, -0.1) is 0 Å². The summed E-state index contributed by atoms with van der Waals surface area (Å²) < 4.78 is 18.7. The smallest absolute Gasteiger partial charge is 0.415 e. The molecule has 0 saturated carbocycles. The Balaban J connectivity index is 1.95. The van der Waals surface area contributed by atoms with Crippen LogP contribution in [0.3, 0.4) is 0 Å². The van der Waals surface area contributed by atoms with Crippen molar-refractivity contribution in [3.05, 3.63) is 30.1 Å². The first-order valence-corrected chi connectivity index (χ1v) is 7.04. The zero-order valence-corrected chi connectivity index (χ0v) is 11.6. The van der Waals surface area contributed by atoms with Crippen LogP contribution < -0.4 is 10.2 Å². The number of anilines is 1. The molecule has 108 valence electrons. The van der Waals surface area contributed by atoms with E-state index in [1.165, 1.54) is 12.1 Å². The predicted molar refractivity (Wildman–Crippen MR) is 74.2 cm³/mol. The average molecular weight is 278 g/mol. The highest BCUT2D eigenvalue weighted by Gasteiger charge is 2.49. The Hall–Kier alpha value is -1.62. The van der Waals surface area contributed by atoms with Gasteiger partial charge in [-0.05, 0) is 50.4 Å². The largest absolute Gasteiger partial charge is 0.447 e. The number of ether oxygens (including phenoxy) is 1. The molecule has 2 aliphatic heterocycles. The van der Waals surface area contributed by atoms with Gasteiger partial charge >= 0.3 is 6.09 Å². The number of cyclic esters (lactones) is 1. The van der Waals surface area contributed by atoms with Crippen LogP contribution in [-0.4, -0.2) is 31.3 Å². The minimum atomic E-state index is -0.418. The number of hydrogen-bond acceptors (Lipinski definition) is 3. The van der Waals surface area contributed by atoms with Gasteiger partial charge in [-0.25, -0.2) is 9.18 Å². The maximum Gasteiger partial charge on any atom is 0.415 e. The second kappa shape index (κ2) is 5.05. The number of amides is 1. The standard InChI is InChI=1S/C15H19FN2O2/c1-15(11-4-3-7-17-9-11)10-20-14(19)18(15)13-6-2-5-12(16)8-13/h2,5-6,8,11,17H,3-4,7,9-10H2,1H3. The van der Waals surface area contributed by atoms with Gasteiger partial charge in [0.1, 0.15) is 12.4 Å². The van der Waals surface area contributed by atoms with E-state index in [-0.39, 0.29) is 11.9 Å². The van der Waals surface area contributed by atoms with Crippen molar-refractivity contribution < 1.29 is 13.9 Å². The zero-order valence-electron chi connectivity index (χ0n) is 11.6. The average Bonchev–Trinajstić information content (AvgIpc) is 2.77. The first-order valence-electron chi connectivity index (χ1n) is 7.04. The fraction of sp³-hybridized carbons (Fsp3) is 0.533. The van der Waals surface area contributed by atoms with Crippen LogP contribution in [0, 0.1) is 11.7 Å². The molecule has 1 aromatic carbocycles. The van der Waals surface area contributed by atoms with Gasteiger partial charge in [-0.1, -0.05) is 6.07 Å². The number of carbonyl (C=O) groups excluding carboxylic acids is 1. The van der Waals surface area contributed by atoms with Crippen molar-refractivity contribution in [3.63, 3.8) is 0 Å². The minimum Gasteiger partial charge on any atom is -0.447 e. The molecule has 0 aromatic heterocycles. The number of hydrogen-bond donors (Lipinski definition) is 1. The number of carbonyl (C=O) groups is 1. The molecule has 0 spiro atoms. The van der Waals surface area contributed by atoms with E-state index in [2.05, 4.69) is 5.32 Å². The third-order valence-corrected chi connectivity index (χ3v) is 4.42. The lowest BCUT2D eigenvalue weighted by atomic mass is 9.80. The maximum atomic E-state index is 13.5. The monoisotopic (exact) mass is 278 g/mol. The van der Waals surface area contributed by atoms with Crippen LogP contribution >= 0.6 is 0 Å². The van der Waals surface area contributed by atoms with Gasteiger partial charge in [0.05, 0.1) is 11.2 Å². The van der Waals surface area contributed by atoms with Crippen molar-refractivity contribution in [1.29, 1.82) is 0 Å². The van der Waals surface area contributed by atoms with E-state index in [1.54, 1.807) is 17.0 Å². The molecule has 5 heteroatoms. The van der Waals surface area contributed by atoms with Crippen LogP contribution in [0.2, 0.25) is 0 Å². The Morgan fingerprint density at radius 3 is 3.05 bits per heavy atom. The fourth-order valence-electron chi connectivity index (χ4n) is 3.24. The van der Waals surface area contributed by atoms with E-state index in [1.807, 2.05) is 6.92 Å². The number of nitrogens with zero attached hydrogens (tertiary/aromatic N) is 1. The Morgan fingerprint density at radius 1 is 1.50 bits per heavy atom. The molecule has 3 rings (SSSR count). The van der Waals surface area contributed by atoms with Crippen LogP contribution in [0.4, 0.5) is 14.9 Å². The van der Waals surface area contributed by atoms with Gasteiger partial charge in [0.2, 0.25) is 0 Å². The predicted octanol–water partition coefficient (Wildman–Crippen LogP) is 2.54. The number of piperidine rings is 1. The van der Waals surface area contributed by atoms with Crippen molar-refractivity contribution >= 4 is 11.8 Å². The Bertz CT molecular complexity index is 516. The van der Waals surface area contributed by atoms with Crippen molar-refractivity contribution in [1.82, 2.24) is 5.32 Å². The van der Waals surface area contributed by atoms with Crippen LogP contribution in [0.5, 0.6) is 0 Å². The van der Waals surface area contributed by atoms with E-state index in [9.17, 15) is 9.18 Å². The molecule has 2 unspecified atom stereocenters. The van der Waals surface area contributed by atoms with Crippen LogP contribution in [0.25, 0.3) is 0 Å². The SMILES string of the molecule is CC1(C2CCCNC2)COC(=O)N1c1cccc(F)c1. The van der Waals surface area contributed by atoms with Gasteiger partial charge in [-0.2, -0.15) is 0 Å². The lowest BCUT2D eigenvalue weighted by Crippen LogP contribution is -2.55. The molecule has 2 atom stereocenters. The van der Waals surface area contributed by atoms with E-state index in [0.717, 1.165) is 25.9 Å². The summed E-state index contributed by atoms with van der Waals surface area (Å²) in [5.74, 6) is -0.0303. The molecule has 0 radical (unpaired) electrons. The molecule has 20 heavy (non-hydrogen) atoms. The van der Waals surface area contributed by atoms with E-state index in [4.69, 9.17) is 4.74 Å². The van der Waals surface area contributed by atoms with E-state index >= 15 is 0 Å². The van der Waals surface area contributed by atoms with Crippen molar-refractivity contribution in [2.75, 3.05) is 24.6 Å². The van der Waals surface area contributed by atoms with Crippen molar-refractivity contribution in [2.24, 2.45) is 5.92 Å². The molecular formula is C15H19FN2O2. The molecule has 4 nitrogen and oxygen atoms in total. The number of benzene rings is 1. The summed E-state index contributed by atoms with van der Waals surface area (Å²) in [5.41, 5.74) is 0.152. The normalized spacial score (nSPS) is 30.4. The van der Waals surface area contributed by atoms with Crippen LogP contribution in [0.1, 0.15) is 19.8 Å². The van der Waals surface area contributed by atoms with Gasteiger partial charge in [0.25, 0.3) is 0 Å². The summed E-state index contributed by atoms with van der Waals surface area (Å²) in [4.78, 5) is 13.7. The summed E-state index contributed by atoms with van der Waals surface area (Å²) in [6.07, 6.45) is 1.75. The lowest BCUT2D eigenvalue weighted by molar-refractivity contribution is 0.157. The Kier molecular flexibility index (Phi) is 3.38. The second-order valence-corrected chi connectivity index (χ2v) is 5.77. The molecule has 2 fully saturated rings. The highest BCUT2D eigenvalue weighted by molar-refractivity contribution is 5.91. The molecule has 0 bridgehead atoms. The molecule has 2 aliphatic rings. The molecule has 1 amide bonds. The summed E-state index contributed by atoms with van der Waals surface area (Å²) in [6.45, 7) is 4.26. The quantitative estimate of drug-likeness (QED) is 0.904. The Morgan fingerprint density at radius 2 is 2.35 bits per heavy atom. The first kappa shape index (κ1) is 13.4. The number of nitrogens with one attached hydrogen (secondary N) is 1. The highest BCUT2D eigenvalue weighted by atomic mass is 19.1. The zero-order chi connectivity index (χ0) is 14.2. The van der Waals surface area contributed by atoms with Crippen LogP contribution in [-0.2, 0) is 4.74 Å². The second-order valence-electron chi connectivity index (χ2n) is 5.77. The summed E-state index contributed by atoms with van der Waals surface area (Å²) >= 11 is 0. The minimum absolute atomic E-state index is 0.311. The van der Waals surface area contributed by atoms with E-state index in [0.29, 0.717) is 18.2 Å². The van der Waals surface area contributed by atoms with Crippen molar-refractivity contribution in [2.45, 2.75) is 25.3 Å². The highest BCUT2D eigenvalue weighted by Crippen LogP contribution is 2.38. The molecular weight excluding hydrogens is 259 g/mol. The van der Waals surface area contributed by atoms with Gasteiger partial charge in [0, 0.05) is 6.54 Å². The van der Waals surface area contributed by atoms with E-state index < -0.39 is 5.54 Å². The van der Waals surface area contributed by atoms with Crippen LogP contribution in [0.15, 0.2) is 24.3 Å². The number of rotatable bonds is 2. The summed E-state index contributed by atoms with van der Waals surface area (Å²) in [5, 5.41) is 3.37. The third-order valence-electron chi connectivity index (χ3n) is 4.42. The topological polar surface area (TPSA) is 41.6 Å². The summed E-state index contributed by atoms with van der Waals surface area (Å²) in [6, 6.07) is 6.14. The molecule has 2 heterocycles. The molecule has 2 saturated heterocycles. The number of halogens is 1. The van der Waals surface area contributed by atoms with Gasteiger partial charge in [-0.3, -0.25) is 4.90 Å². The van der Waals surface area contributed by atoms with Gasteiger partial charge < -0.3 is 10.1 Å². The summed E-state index contributed by atoms with van der Waals surface area (Å²) in [7, 11) is 0. The fourth-order valence-corrected chi connectivity index (χ4v) is 3.24. The molecule has 1 aromatic rings.